The van der Waals surface area contributed by atoms with E-state index in [0.29, 0.717) is 12.1 Å². The van der Waals surface area contributed by atoms with Crippen LogP contribution in [0.4, 0.5) is 0 Å². The third kappa shape index (κ3) is 4.77. The van der Waals surface area contributed by atoms with Crippen LogP contribution in [0, 0.1) is 6.92 Å². The Morgan fingerprint density at radius 3 is 2.81 bits per heavy atom. The van der Waals surface area contributed by atoms with E-state index < -0.39 is 0 Å². The molecule has 21 heavy (non-hydrogen) atoms. The fraction of sp³-hybridized carbons (Fsp3) is 0.706. The van der Waals surface area contributed by atoms with Crippen LogP contribution in [-0.2, 0) is 0 Å². The van der Waals surface area contributed by atoms with Crippen molar-refractivity contribution in [2.75, 3.05) is 40.3 Å². The number of likely N-dealkylation sites (N-methyl/N-ethyl adjacent to an activating group) is 2. The van der Waals surface area contributed by atoms with E-state index in [-0.39, 0.29) is 0 Å². The van der Waals surface area contributed by atoms with Gasteiger partial charge in [0.05, 0.1) is 0 Å². The topological polar surface area (TPSA) is 31.4 Å². The number of pyridine rings is 1. The highest BCUT2D eigenvalue weighted by molar-refractivity contribution is 5.17. The summed E-state index contributed by atoms with van der Waals surface area (Å²) in [5.41, 5.74) is 2.40. The fourth-order valence-electron chi connectivity index (χ4n) is 2.97. The number of aromatic nitrogens is 1. The van der Waals surface area contributed by atoms with E-state index in [1.807, 2.05) is 13.1 Å². The molecule has 4 nitrogen and oxygen atoms in total. The molecule has 0 radical (unpaired) electrons. The summed E-state index contributed by atoms with van der Waals surface area (Å²) in [7, 11) is 4.48. The van der Waals surface area contributed by atoms with E-state index in [1.165, 1.54) is 12.1 Å². The minimum Gasteiger partial charge on any atom is -0.310 e. The average molecular weight is 290 g/mol. The molecule has 1 N–H and O–H groups in total. The summed E-state index contributed by atoms with van der Waals surface area (Å²) >= 11 is 0. The second-order valence-electron chi connectivity index (χ2n) is 6.37. The first-order chi connectivity index (χ1) is 10.1. The molecule has 1 aliphatic heterocycles. The molecule has 1 aliphatic rings. The molecule has 1 aromatic heterocycles. The standard InChI is InChI=1S/C17H30N4/c1-5-8-18-17(15-7-6-14(2)19-12-15)11-16-13-20(3)9-10-21(16)4/h6-7,12,16-18H,5,8-11,13H2,1-4H3. The highest BCUT2D eigenvalue weighted by Crippen LogP contribution is 2.22. The Morgan fingerprint density at radius 1 is 1.33 bits per heavy atom. The monoisotopic (exact) mass is 290 g/mol. The van der Waals surface area contributed by atoms with Gasteiger partial charge in [-0.25, -0.2) is 0 Å². The third-order valence-corrected chi connectivity index (χ3v) is 4.47. The molecule has 0 aromatic carbocycles. The van der Waals surface area contributed by atoms with Crippen LogP contribution in [0.1, 0.15) is 37.1 Å². The van der Waals surface area contributed by atoms with Gasteiger partial charge in [-0.05, 0) is 52.0 Å². The van der Waals surface area contributed by atoms with E-state index >= 15 is 0 Å². The van der Waals surface area contributed by atoms with Crippen molar-refractivity contribution in [2.45, 2.75) is 38.8 Å². The molecule has 2 heterocycles. The predicted octanol–water partition coefficient (Wildman–Crippen LogP) is 2.07. The summed E-state index contributed by atoms with van der Waals surface area (Å²) in [6.07, 6.45) is 4.34. The summed E-state index contributed by atoms with van der Waals surface area (Å²) in [5, 5.41) is 3.70. The molecular weight excluding hydrogens is 260 g/mol. The van der Waals surface area contributed by atoms with Gasteiger partial charge in [-0.1, -0.05) is 13.0 Å². The summed E-state index contributed by atoms with van der Waals surface area (Å²) in [6, 6.07) is 5.35. The van der Waals surface area contributed by atoms with E-state index in [4.69, 9.17) is 0 Å². The normalized spacial score (nSPS) is 22.4. The Morgan fingerprint density at radius 2 is 2.14 bits per heavy atom. The van der Waals surface area contributed by atoms with Gasteiger partial charge in [0.1, 0.15) is 0 Å². The molecule has 0 saturated carbocycles. The Kier molecular flexibility index (Phi) is 6.15. The van der Waals surface area contributed by atoms with Crippen LogP contribution in [0.2, 0.25) is 0 Å². The van der Waals surface area contributed by atoms with Gasteiger partial charge in [-0.3, -0.25) is 4.98 Å². The lowest BCUT2D eigenvalue weighted by atomic mass is 9.98. The molecule has 4 heteroatoms. The highest BCUT2D eigenvalue weighted by atomic mass is 15.3. The molecule has 1 fully saturated rings. The van der Waals surface area contributed by atoms with Gasteiger partial charge < -0.3 is 15.1 Å². The van der Waals surface area contributed by atoms with Gasteiger partial charge in [0.15, 0.2) is 0 Å². The maximum absolute atomic E-state index is 4.47. The largest absolute Gasteiger partial charge is 0.310 e. The van der Waals surface area contributed by atoms with Crippen LogP contribution in [-0.4, -0.2) is 61.1 Å². The van der Waals surface area contributed by atoms with Gasteiger partial charge >= 0.3 is 0 Å². The zero-order valence-electron chi connectivity index (χ0n) is 14.0. The molecule has 0 amide bonds. The molecule has 2 rings (SSSR count). The van der Waals surface area contributed by atoms with Crippen molar-refractivity contribution >= 4 is 0 Å². The molecule has 0 bridgehead atoms. The molecule has 2 unspecified atom stereocenters. The maximum Gasteiger partial charge on any atom is 0.0372 e. The van der Waals surface area contributed by atoms with Gasteiger partial charge in [0, 0.05) is 43.6 Å². The average Bonchev–Trinajstić information content (AvgIpc) is 2.48. The van der Waals surface area contributed by atoms with Crippen molar-refractivity contribution in [3.63, 3.8) is 0 Å². The smallest absolute Gasteiger partial charge is 0.0372 e. The lowest BCUT2D eigenvalue weighted by Gasteiger charge is -2.39. The molecule has 1 saturated heterocycles. The van der Waals surface area contributed by atoms with E-state index in [2.05, 4.69) is 53.3 Å². The van der Waals surface area contributed by atoms with E-state index in [9.17, 15) is 0 Å². The van der Waals surface area contributed by atoms with Crippen LogP contribution in [0.25, 0.3) is 0 Å². The Hall–Kier alpha value is -0.970. The van der Waals surface area contributed by atoms with Crippen molar-refractivity contribution in [2.24, 2.45) is 0 Å². The van der Waals surface area contributed by atoms with Gasteiger partial charge in [-0.2, -0.15) is 0 Å². The van der Waals surface area contributed by atoms with Crippen LogP contribution >= 0.6 is 0 Å². The van der Waals surface area contributed by atoms with Gasteiger partial charge in [0.25, 0.3) is 0 Å². The second kappa shape index (κ2) is 7.87. The SMILES string of the molecule is CCCNC(CC1CN(C)CCN1C)c1ccc(C)nc1. The third-order valence-electron chi connectivity index (χ3n) is 4.47. The molecule has 1 aromatic rings. The number of hydrogen-bond acceptors (Lipinski definition) is 4. The van der Waals surface area contributed by atoms with Crippen LogP contribution in [0.3, 0.4) is 0 Å². The molecule has 118 valence electrons. The quantitative estimate of drug-likeness (QED) is 0.869. The Labute approximate surface area is 129 Å². The number of nitrogens with zero attached hydrogens (tertiary/aromatic N) is 3. The molecule has 0 spiro atoms. The van der Waals surface area contributed by atoms with E-state index in [0.717, 1.165) is 38.2 Å². The number of nitrogens with one attached hydrogen (secondary N) is 1. The maximum atomic E-state index is 4.47. The predicted molar refractivity (Wildman–Crippen MR) is 88.5 cm³/mol. The van der Waals surface area contributed by atoms with Crippen molar-refractivity contribution in [3.8, 4) is 0 Å². The molecule has 0 aliphatic carbocycles. The second-order valence-corrected chi connectivity index (χ2v) is 6.37. The zero-order valence-corrected chi connectivity index (χ0v) is 14.0. The molecule has 2 atom stereocenters. The first kappa shape index (κ1) is 16.4. The van der Waals surface area contributed by atoms with Crippen molar-refractivity contribution in [3.05, 3.63) is 29.6 Å². The van der Waals surface area contributed by atoms with Crippen LogP contribution in [0.15, 0.2) is 18.3 Å². The summed E-state index contributed by atoms with van der Waals surface area (Å²) in [4.78, 5) is 9.41. The number of rotatable bonds is 6. The van der Waals surface area contributed by atoms with Crippen molar-refractivity contribution < 1.29 is 0 Å². The van der Waals surface area contributed by atoms with Crippen LogP contribution < -0.4 is 5.32 Å². The summed E-state index contributed by atoms with van der Waals surface area (Å²) < 4.78 is 0. The number of aryl methyl sites for hydroxylation is 1. The number of piperazine rings is 1. The summed E-state index contributed by atoms with van der Waals surface area (Å²) in [5.74, 6) is 0. The first-order valence-electron chi connectivity index (χ1n) is 8.15. The van der Waals surface area contributed by atoms with Gasteiger partial charge in [0.2, 0.25) is 0 Å². The lowest BCUT2D eigenvalue weighted by Crippen LogP contribution is -2.51. The zero-order chi connectivity index (χ0) is 15.2. The highest BCUT2D eigenvalue weighted by Gasteiger charge is 2.25. The van der Waals surface area contributed by atoms with Crippen LogP contribution in [0.5, 0.6) is 0 Å². The van der Waals surface area contributed by atoms with E-state index in [1.54, 1.807) is 0 Å². The van der Waals surface area contributed by atoms with Crippen molar-refractivity contribution in [1.82, 2.24) is 20.1 Å². The Bertz CT molecular complexity index is 417. The van der Waals surface area contributed by atoms with Gasteiger partial charge in [-0.15, -0.1) is 0 Å². The minimum absolute atomic E-state index is 0.400. The molecular formula is C17H30N4. The first-order valence-corrected chi connectivity index (χ1v) is 8.15. The lowest BCUT2D eigenvalue weighted by molar-refractivity contribution is 0.101. The van der Waals surface area contributed by atoms with Crippen molar-refractivity contribution in [1.29, 1.82) is 0 Å². The Balaban J connectivity index is 2.06. The fourth-order valence-corrected chi connectivity index (χ4v) is 2.97. The number of hydrogen-bond donors (Lipinski definition) is 1. The summed E-state index contributed by atoms with van der Waals surface area (Å²) in [6.45, 7) is 8.81. The minimum atomic E-state index is 0.400.